The van der Waals surface area contributed by atoms with Gasteiger partial charge in [0.1, 0.15) is 6.33 Å². The maximum atomic E-state index is 11.7. The zero-order chi connectivity index (χ0) is 33.9. The number of benzene rings is 4. The molecule has 0 spiro atoms. The number of rotatable bonds is 9. The summed E-state index contributed by atoms with van der Waals surface area (Å²) in [4.78, 5) is 21.4. The van der Waals surface area contributed by atoms with Gasteiger partial charge in [-0.25, -0.2) is 4.98 Å². The van der Waals surface area contributed by atoms with Crippen LogP contribution in [0.1, 0.15) is 104 Å². The second-order valence-corrected chi connectivity index (χ2v) is 13.6. The number of carbonyl (C=O) groups is 1. The van der Waals surface area contributed by atoms with Crippen LogP contribution in [-0.2, 0) is 30.3 Å². The Labute approximate surface area is 300 Å². The van der Waals surface area contributed by atoms with Crippen molar-refractivity contribution in [2.24, 2.45) is 11.8 Å². The molecule has 1 radical (unpaired) electrons. The number of hydrogen-bond donors (Lipinski definition) is 1. The first-order valence-electron chi connectivity index (χ1n) is 17.3. The maximum Gasteiger partial charge on any atom is 0.162 e. The zero-order valence-electron chi connectivity index (χ0n) is 29.6. The van der Waals surface area contributed by atoms with Gasteiger partial charge in [0.15, 0.2) is 5.78 Å². The Balaban J connectivity index is 0.000000279. The molecule has 5 heteroatoms. The van der Waals surface area contributed by atoms with E-state index < -0.39 is 0 Å². The smallest absolute Gasteiger partial charge is 0.162 e. The maximum absolute atomic E-state index is 11.7. The number of aromatic nitrogens is 2. The number of aliphatic hydroxyl groups excluding tert-OH is 1. The minimum Gasteiger partial charge on any atom is -0.512 e. The quantitative estimate of drug-likeness (QED) is 0.0914. The van der Waals surface area contributed by atoms with E-state index in [1.165, 1.54) is 44.5 Å². The van der Waals surface area contributed by atoms with Crippen LogP contribution in [0.3, 0.4) is 0 Å². The van der Waals surface area contributed by atoms with Crippen LogP contribution in [0, 0.1) is 17.9 Å². The summed E-state index contributed by atoms with van der Waals surface area (Å²) in [6, 6.07) is 27.6. The van der Waals surface area contributed by atoms with Crippen LogP contribution in [0.15, 0.2) is 84.9 Å². The largest absolute Gasteiger partial charge is 0.512 e. The Bertz CT molecular complexity index is 1930. The van der Waals surface area contributed by atoms with Crippen molar-refractivity contribution in [3.05, 3.63) is 108 Å². The van der Waals surface area contributed by atoms with Gasteiger partial charge in [-0.3, -0.25) is 9.78 Å². The number of aliphatic hydroxyl groups is 1. The minimum absolute atomic E-state index is 0. The van der Waals surface area contributed by atoms with Crippen molar-refractivity contribution < 1.29 is 30.0 Å². The van der Waals surface area contributed by atoms with Crippen molar-refractivity contribution >= 4 is 27.3 Å². The first kappa shape index (κ1) is 37.2. The van der Waals surface area contributed by atoms with Crippen LogP contribution in [0.4, 0.5) is 0 Å². The fourth-order valence-corrected chi connectivity index (χ4v) is 7.20. The summed E-state index contributed by atoms with van der Waals surface area (Å²) in [6.07, 6.45) is 6.63. The molecule has 5 aromatic rings. The Hall–Kier alpha value is -3.66. The molecule has 4 nitrogen and oxygen atoms in total. The van der Waals surface area contributed by atoms with Gasteiger partial charge in [0, 0.05) is 54.7 Å². The molecule has 48 heavy (non-hydrogen) atoms. The van der Waals surface area contributed by atoms with Gasteiger partial charge in [0.25, 0.3) is 0 Å². The van der Waals surface area contributed by atoms with Gasteiger partial charge >= 0.3 is 0 Å². The first-order valence-corrected chi connectivity index (χ1v) is 17.3. The molecule has 0 unspecified atom stereocenters. The van der Waals surface area contributed by atoms with Crippen molar-refractivity contribution in [2.75, 3.05) is 0 Å². The summed E-state index contributed by atoms with van der Waals surface area (Å²) in [7, 11) is 0. The van der Waals surface area contributed by atoms with E-state index in [-0.39, 0.29) is 48.9 Å². The number of nitrogens with zero attached hydrogens (tertiary/aromatic N) is 2. The number of carbonyl (C=O) groups excluding carboxylic acids is 1. The SMILES string of the molecule is CC(C)c1cc(-c2ncnc3c2C(C)(C)c2ccc4ccccc4c2-3)[c-]c2ccccc12.CCC(CC)C(=O)/C=C(\O)C(CC)CC.[Ir]. The molecule has 0 aliphatic heterocycles. The normalized spacial score (nSPS) is 13.4. The molecule has 1 heterocycles. The molecule has 1 aliphatic rings. The Morgan fingerprint density at radius 3 is 2.08 bits per heavy atom. The van der Waals surface area contributed by atoms with Crippen molar-refractivity contribution in [1.82, 2.24) is 9.97 Å². The van der Waals surface area contributed by atoms with E-state index in [1.807, 2.05) is 27.7 Å². The van der Waals surface area contributed by atoms with Crippen LogP contribution in [0.2, 0.25) is 0 Å². The molecular weight excluding hydrogens is 769 g/mol. The molecule has 4 aromatic carbocycles. The summed E-state index contributed by atoms with van der Waals surface area (Å²) in [5.74, 6) is 0.961. The van der Waals surface area contributed by atoms with Crippen molar-refractivity contribution in [3.8, 4) is 22.5 Å². The summed E-state index contributed by atoms with van der Waals surface area (Å²) in [6.45, 7) is 17.2. The standard InChI is InChI=1S/C30H25N2.C13H24O2.Ir/c1-18(2)24-16-21(15-20-10-6-7-11-22(20)24)28-27-29(32-17-31-28)26-23-12-8-5-9-19(23)13-14-25(26)30(27,3)4;1-5-10(6-2)12(14)9-13(15)11(7-3)8-4;/h5-14,16-18H,1-4H3;9-11,14H,5-8H2,1-4H3;/q-1;;/b;12-9-;. The third kappa shape index (κ3) is 7.05. The predicted octanol–water partition coefficient (Wildman–Crippen LogP) is 11.5. The van der Waals surface area contributed by atoms with E-state index in [0.717, 1.165) is 48.0 Å². The average molecular weight is 818 g/mol. The van der Waals surface area contributed by atoms with Crippen LogP contribution in [0.5, 0.6) is 0 Å². The van der Waals surface area contributed by atoms with Crippen LogP contribution in [0.25, 0.3) is 44.1 Å². The average Bonchev–Trinajstić information content (AvgIpc) is 3.32. The molecule has 1 aliphatic carbocycles. The van der Waals surface area contributed by atoms with Gasteiger partial charge in [-0.2, -0.15) is 0 Å². The first-order chi connectivity index (χ1) is 22.6. The van der Waals surface area contributed by atoms with Gasteiger partial charge in [0.05, 0.1) is 11.5 Å². The monoisotopic (exact) mass is 818 g/mol. The zero-order valence-corrected chi connectivity index (χ0v) is 32.0. The molecule has 0 fully saturated rings. The van der Waals surface area contributed by atoms with E-state index >= 15 is 0 Å². The number of ketones is 1. The number of hydrogen-bond acceptors (Lipinski definition) is 4. The molecule has 6 rings (SSSR count). The van der Waals surface area contributed by atoms with Crippen LogP contribution < -0.4 is 0 Å². The predicted molar refractivity (Wildman–Crippen MR) is 197 cm³/mol. The van der Waals surface area contributed by atoms with E-state index in [0.29, 0.717) is 5.92 Å². The fraction of sp³-hybridized carbons (Fsp3) is 0.372. The van der Waals surface area contributed by atoms with E-state index in [9.17, 15) is 9.90 Å². The van der Waals surface area contributed by atoms with Crippen LogP contribution >= 0.6 is 0 Å². The molecule has 0 amide bonds. The topological polar surface area (TPSA) is 63.1 Å². The summed E-state index contributed by atoms with van der Waals surface area (Å²) < 4.78 is 0. The molecule has 253 valence electrons. The summed E-state index contributed by atoms with van der Waals surface area (Å²) in [5, 5.41) is 14.7. The molecule has 0 saturated heterocycles. The van der Waals surface area contributed by atoms with Gasteiger partial charge in [-0.05, 0) is 53.5 Å². The Kier molecular flexibility index (Phi) is 12.2. The van der Waals surface area contributed by atoms with Crippen molar-refractivity contribution in [2.45, 2.75) is 92.4 Å². The summed E-state index contributed by atoms with van der Waals surface area (Å²) in [5.41, 5.74) is 8.01. The number of allylic oxidation sites excluding steroid dienone is 2. The third-order valence-corrected chi connectivity index (χ3v) is 10.1. The van der Waals surface area contributed by atoms with Crippen LogP contribution in [-0.4, -0.2) is 20.9 Å². The Morgan fingerprint density at radius 1 is 0.833 bits per heavy atom. The number of fused-ring (bicyclic) bond motifs is 6. The third-order valence-electron chi connectivity index (χ3n) is 10.1. The summed E-state index contributed by atoms with van der Waals surface area (Å²) >= 11 is 0. The fourth-order valence-electron chi connectivity index (χ4n) is 7.20. The Morgan fingerprint density at radius 2 is 1.44 bits per heavy atom. The molecule has 0 bridgehead atoms. The van der Waals surface area contributed by atoms with Gasteiger partial charge in [0.2, 0.25) is 0 Å². The van der Waals surface area contributed by atoms with Crippen molar-refractivity contribution in [3.63, 3.8) is 0 Å². The molecule has 1 aromatic heterocycles. The second-order valence-electron chi connectivity index (χ2n) is 13.6. The molecule has 0 saturated carbocycles. The van der Waals surface area contributed by atoms with Gasteiger partial charge in [-0.1, -0.05) is 121 Å². The van der Waals surface area contributed by atoms with E-state index in [2.05, 4.69) is 100 Å². The molecule has 1 N–H and O–H groups in total. The second kappa shape index (κ2) is 15.7. The van der Waals surface area contributed by atoms with Gasteiger partial charge in [-0.15, -0.1) is 29.1 Å². The van der Waals surface area contributed by atoms with Gasteiger partial charge < -0.3 is 5.11 Å². The molecule has 0 atom stereocenters. The van der Waals surface area contributed by atoms with Crippen molar-refractivity contribution in [1.29, 1.82) is 0 Å². The van der Waals surface area contributed by atoms with E-state index in [4.69, 9.17) is 9.97 Å². The van der Waals surface area contributed by atoms with E-state index in [1.54, 1.807) is 6.33 Å². The molecular formula is C43H49IrN2O2-. The minimum atomic E-state index is -0.192.